The summed E-state index contributed by atoms with van der Waals surface area (Å²) in [6.45, 7) is 6.59. The normalized spacial score (nSPS) is 26.9. The molecule has 2 atom stereocenters. The minimum absolute atomic E-state index is 0.126. The molecule has 0 aromatic carbocycles. The van der Waals surface area contributed by atoms with Crippen LogP contribution >= 0.6 is 0 Å². The van der Waals surface area contributed by atoms with E-state index in [0.717, 1.165) is 18.6 Å². The van der Waals surface area contributed by atoms with E-state index in [1.54, 1.807) is 0 Å². The van der Waals surface area contributed by atoms with Crippen LogP contribution in [-0.4, -0.2) is 11.6 Å². The van der Waals surface area contributed by atoms with Gasteiger partial charge in [0.2, 0.25) is 0 Å². The van der Waals surface area contributed by atoms with E-state index < -0.39 is 0 Å². The number of hydrogen-bond acceptors (Lipinski definition) is 3. The van der Waals surface area contributed by atoms with E-state index in [1.807, 2.05) is 6.07 Å². The minimum atomic E-state index is -0.319. The zero-order valence-electron chi connectivity index (χ0n) is 10.9. The van der Waals surface area contributed by atoms with Crippen molar-refractivity contribution < 1.29 is 4.79 Å². The van der Waals surface area contributed by atoms with Gasteiger partial charge in [-0.1, -0.05) is 20.8 Å². The van der Waals surface area contributed by atoms with Crippen LogP contribution in [0, 0.1) is 29.1 Å². The van der Waals surface area contributed by atoms with Gasteiger partial charge in [0.15, 0.2) is 0 Å². The summed E-state index contributed by atoms with van der Waals surface area (Å²) in [7, 11) is 0. The molecule has 94 valence electrons. The maximum Gasteiger partial charge on any atom is 0.254 e. The Morgan fingerprint density at radius 2 is 2.29 bits per heavy atom. The molecular formula is C13H21N3O. The molecule has 1 aliphatic rings. The highest BCUT2D eigenvalue weighted by atomic mass is 16.2. The van der Waals surface area contributed by atoms with Crippen LogP contribution in [-0.2, 0) is 4.79 Å². The van der Waals surface area contributed by atoms with Crippen molar-refractivity contribution in [3.8, 4) is 6.07 Å². The number of carbonyl (C=O) groups is 1. The SMILES string of the molecule is CC(C)[C@H]1CC[C@H](C)C/C1=N/NC(=O)CC#N. The van der Waals surface area contributed by atoms with Crippen LogP contribution in [0.1, 0.15) is 46.5 Å². The van der Waals surface area contributed by atoms with Gasteiger partial charge in [0.25, 0.3) is 5.91 Å². The van der Waals surface area contributed by atoms with Crippen LogP contribution in [0.15, 0.2) is 5.10 Å². The lowest BCUT2D eigenvalue weighted by atomic mass is 9.76. The van der Waals surface area contributed by atoms with Gasteiger partial charge in [-0.25, -0.2) is 5.43 Å². The molecule has 17 heavy (non-hydrogen) atoms. The molecule has 0 saturated heterocycles. The number of nitriles is 1. The fourth-order valence-electron chi connectivity index (χ4n) is 2.33. The average Bonchev–Trinajstić information content (AvgIpc) is 2.26. The molecule has 0 aliphatic heterocycles. The maximum atomic E-state index is 11.2. The zero-order chi connectivity index (χ0) is 12.8. The van der Waals surface area contributed by atoms with E-state index in [1.165, 1.54) is 6.42 Å². The zero-order valence-corrected chi connectivity index (χ0v) is 10.9. The molecule has 1 saturated carbocycles. The fraction of sp³-hybridized carbons (Fsp3) is 0.769. The van der Waals surface area contributed by atoms with E-state index in [9.17, 15) is 4.79 Å². The minimum Gasteiger partial charge on any atom is -0.272 e. The van der Waals surface area contributed by atoms with Crippen molar-refractivity contribution in [2.24, 2.45) is 22.9 Å². The lowest BCUT2D eigenvalue weighted by Crippen LogP contribution is -2.30. The summed E-state index contributed by atoms with van der Waals surface area (Å²) in [5.74, 6) is 1.33. The predicted octanol–water partition coefficient (Wildman–Crippen LogP) is 2.46. The largest absolute Gasteiger partial charge is 0.272 e. The van der Waals surface area contributed by atoms with Gasteiger partial charge in [-0.3, -0.25) is 4.79 Å². The first-order valence-electron chi connectivity index (χ1n) is 6.26. The van der Waals surface area contributed by atoms with Gasteiger partial charge in [0, 0.05) is 11.6 Å². The number of nitrogens with one attached hydrogen (secondary N) is 1. The van der Waals surface area contributed by atoms with Gasteiger partial charge in [-0.15, -0.1) is 0 Å². The molecule has 1 aliphatic carbocycles. The summed E-state index contributed by atoms with van der Waals surface area (Å²) in [5, 5.41) is 12.6. The fourth-order valence-corrected chi connectivity index (χ4v) is 2.33. The topological polar surface area (TPSA) is 65.2 Å². The Kier molecular flexibility index (Phi) is 5.14. The molecule has 0 unspecified atom stereocenters. The molecule has 0 aromatic heterocycles. The molecule has 0 bridgehead atoms. The van der Waals surface area contributed by atoms with Crippen molar-refractivity contribution in [2.45, 2.75) is 46.5 Å². The van der Waals surface area contributed by atoms with Crippen molar-refractivity contribution in [2.75, 3.05) is 0 Å². The number of hydrazone groups is 1. The second-order valence-electron chi connectivity index (χ2n) is 5.21. The van der Waals surface area contributed by atoms with Gasteiger partial charge in [0.1, 0.15) is 6.42 Å². The quantitative estimate of drug-likeness (QED) is 0.764. The summed E-state index contributed by atoms with van der Waals surface area (Å²) in [4.78, 5) is 11.2. The Morgan fingerprint density at radius 1 is 1.59 bits per heavy atom. The van der Waals surface area contributed by atoms with Crippen molar-refractivity contribution in [1.82, 2.24) is 5.43 Å². The molecule has 1 amide bonds. The monoisotopic (exact) mass is 235 g/mol. The van der Waals surface area contributed by atoms with Crippen molar-refractivity contribution >= 4 is 11.6 Å². The van der Waals surface area contributed by atoms with Crippen LogP contribution in [0.4, 0.5) is 0 Å². The summed E-state index contributed by atoms with van der Waals surface area (Å²) < 4.78 is 0. The highest BCUT2D eigenvalue weighted by Gasteiger charge is 2.27. The van der Waals surface area contributed by atoms with E-state index in [-0.39, 0.29) is 12.3 Å². The number of hydrogen-bond donors (Lipinski definition) is 1. The second-order valence-corrected chi connectivity index (χ2v) is 5.21. The smallest absolute Gasteiger partial charge is 0.254 e. The molecule has 0 radical (unpaired) electrons. The van der Waals surface area contributed by atoms with E-state index in [0.29, 0.717) is 17.8 Å². The molecule has 0 spiro atoms. The van der Waals surface area contributed by atoms with Gasteiger partial charge in [-0.2, -0.15) is 10.4 Å². The summed E-state index contributed by atoms with van der Waals surface area (Å²) in [6.07, 6.45) is 3.20. The molecule has 4 nitrogen and oxygen atoms in total. The molecule has 4 heteroatoms. The van der Waals surface area contributed by atoms with Gasteiger partial charge >= 0.3 is 0 Å². The Labute approximate surface area is 103 Å². The summed E-state index contributed by atoms with van der Waals surface area (Å²) in [6, 6.07) is 1.82. The number of rotatable bonds is 3. The average molecular weight is 235 g/mol. The molecule has 1 N–H and O–H groups in total. The van der Waals surface area contributed by atoms with Crippen molar-refractivity contribution in [1.29, 1.82) is 5.26 Å². The maximum absolute atomic E-state index is 11.2. The van der Waals surface area contributed by atoms with Crippen LogP contribution in [0.2, 0.25) is 0 Å². The molecular weight excluding hydrogens is 214 g/mol. The van der Waals surface area contributed by atoms with E-state index >= 15 is 0 Å². The van der Waals surface area contributed by atoms with Crippen LogP contribution in [0.25, 0.3) is 0 Å². The number of nitrogens with zero attached hydrogens (tertiary/aromatic N) is 2. The number of carbonyl (C=O) groups excluding carboxylic acids is 1. The Morgan fingerprint density at radius 3 is 2.88 bits per heavy atom. The third kappa shape index (κ3) is 4.18. The van der Waals surface area contributed by atoms with Gasteiger partial charge < -0.3 is 0 Å². The Bertz CT molecular complexity index is 341. The summed E-state index contributed by atoms with van der Waals surface area (Å²) in [5.41, 5.74) is 3.57. The van der Waals surface area contributed by atoms with Crippen LogP contribution < -0.4 is 5.43 Å². The van der Waals surface area contributed by atoms with Crippen LogP contribution in [0.5, 0.6) is 0 Å². The summed E-state index contributed by atoms with van der Waals surface area (Å²) >= 11 is 0. The van der Waals surface area contributed by atoms with Gasteiger partial charge in [-0.05, 0) is 31.1 Å². The second kappa shape index (κ2) is 6.39. The third-order valence-electron chi connectivity index (χ3n) is 3.32. The highest BCUT2D eigenvalue weighted by molar-refractivity contribution is 5.89. The van der Waals surface area contributed by atoms with Crippen molar-refractivity contribution in [3.63, 3.8) is 0 Å². The van der Waals surface area contributed by atoms with Crippen molar-refractivity contribution in [3.05, 3.63) is 0 Å². The molecule has 1 fully saturated rings. The van der Waals surface area contributed by atoms with Crippen LogP contribution in [0.3, 0.4) is 0 Å². The first kappa shape index (κ1) is 13.7. The standard InChI is InChI=1S/C13H21N3O/c1-9(2)11-5-4-10(3)8-12(11)15-16-13(17)6-7-14/h9-11H,4-6,8H2,1-3H3,(H,16,17)/b15-12-/t10-,11+/m0/s1. The first-order valence-corrected chi connectivity index (χ1v) is 6.26. The molecule has 0 heterocycles. The number of amides is 1. The lowest BCUT2D eigenvalue weighted by molar-refractivity contribution is -0.120. The molecule has 1 rings (SSSR count). The predicted molar refractivity (Wildman–Crippen MR) is 67.2 cm³/mol. The Balaban J connectivity index is 2.66. The Hall–Kier alpha value is -1.37. The lowest BCUT2D eigenvalue weighted by Gasteiger charge is -2.30. The molecule has 0 aromatic rings. The van der Waals surface area contributed by atoms with Gasteiger partial charge in [0.05, 0.1) is 6.07 Å². The third-order valence-corrected chi connectivity index (χ3v) is 3.32. The highest BCUT2D eigenvalue weighted by Crippen LogP contribution is 2.31. The van der Waals surface area contributed by atoms with E-state index in [4.69, 9.17) is 5.26 Å². The van der Waals surface area contributed by atoms with E-state index in [2.05, 4.69) is 31.3 Å². The first-order chi connectivity index (χ1) is 8.04.